The molecule has 0 aliphatic rings. The van der Waals surface area contributed by atoms with Crippen LogP contribution in [0.3, 0.4) is 0 Å². The smallest absolute Gasteiger partial charge is 0.252 e. The Kier molecular flexibility index (Phi) is 6.62. The van der Waals surface area contributed by atoms with Gasteiger partial charge in [0.2, 0.25) is 5.91 Å². The lowest BCUT2D eigenvalue weighted by molar-refractivity contribution is -0.121. The maximum Gasteiger partial charge on any atom is 0.252 e. The van der Waals surface area contributed by atoms with Crippen molar-refractivity contribution in [2.24, 2.45) is 0 Å². The molecule has 0 bridgehead atoms. The van der Waals surface area contributed by atoms with Gasteiger partial charge >= 0.3 is 0 Å². The van der Waals surface area contributed by atoms with Crippen molar-refractivity contribution < 1.29 is 9.59 Å². The molecule has 0 aliphatic heterocycles. The minimum atomic E-state index is -0.299. The summed E-state index contributed by atoms with van der Waals surface area (Å²) in [6.45, 7) is 0.730. The van der Waals surface area contributed by atoms with Gasteiger partial charge < -0.3 is 10.6 Å². The van der Waals surface area contributed by atoms with Gasteiger partial charge in [0, 0.05) is 24.0 Å². The summed E-state index contributed by atoms with van der Waals surface area (Å²) in [5.41, 5.74) is 1.41. The van der Waals surface area contributed by atoms with E-state index in [1.54, 1.807) is 18.2 Å². The largest absolute Gasteiger partial charge is 0.352 e. The second-order valence-corrected chi connectivity index (χ2v) is 6.22. The monoisotopic (exact) mass is 394 g/mol. The van der Waals surface area contributed by atoms with Crippen LogP contribution in [-0.4, -0.2) is 18.4 Å². The van der Waals surface area contributed by atoms with Gasteiger partial charge in [0.25, 0.3) is 5.91 Å². The number of halogens is 2. The second-order valence-electron chi connectivity index (χ2n) is 4.89. The standard InChI is InChI=1S/C17H16BrClN2O2/c18-13-6-7-15(19)14(10-13)17(23)20-9-8-16(22)21-11-12-4-2-1-3-5-12/h1-7,10H,8-9,11H2,(H,20,23)(H,21,22). The summed E-state index contributed by atoms with van der Waals surface area (Å²) in [4.78, 5) is 23.8. The Morgan fingerprint density at radius 2 is 1.78 bits per heavy atom. The molecule has 0 fully saturated rings. The first-order valence-corrected chi connectivity index (χ1v) is 8.27. The Labute approximate surface area is 148 Å². The molecule has 120 valence electrons. The first-order chi connectivity index (χ1) is 11.1. The molecule has 6 heteroatoms. The van der Waals surface area contributed by atoms with Crippen molar-refractivity contribution in [2.45, 2.75) is 13.0 Å². The van der Waals surface area contributed by atoms with Gasteiger partial charge in [0.15, 0.2) is 0 Å². The fourth-order valence-electron chi connectivity index (χ4n) is 1.94. The highest BCUT2D eigenvalue weighted by atomic mass is 79.9. The molecule has 2 rings (SSSR count). The van der Waals surface area contributed by atoms with E-state index in [1.165, 1.54) is 0 Å². The van der Waals surface area contributed by atoms with E-state index in [9.17, 15) is 9.59 Å². The van der Waals surface area contributed by atoms with E-state index in [1.807, 2.05) is 30.3 Å². The third-order valence-corrected chi connectivity index (χ3v) is 3.97. The van der Waals surface area contributed by atoms with E-state index in [2.05, 4.69) is 26.6 Å². The molecule has 0 aromatic heterocycles. The van der Waals surface area contributed by atoms with Crippen LogP contribution in [0.5, 0.6) is 0 Å². The summed E-state index contributed by atoms with van der Waals surface area (Å²) in [7, 11) is 0. The van der Waals surface area contributed by atoms with E-state index in [-0.39, 0.29) is 24.8 Å². The Hall–Kier alpha value is -1.85. The molecule has 2 amide bonds. The van der Waals surface area contributed by atoms with Gasteiger partial charge in [0.05, 0.1) is 10.6 Å². The summed E-state index contributed by atoms with van der Waals surface area (Å²) in [6.07, 6.45) is 0.212. The van der Waals surface area contributed by atoms with Crippen molar-refractivity contribution in [1.82, 2.24) is 10.6 Å². The lowest BCUT2D eigenvalue weighted by atomic mass is 10.2. The zero-order valence-corrected chi connectivity index (χ0v) is 14.7. The normalized spacial score (nSPS) is 10.2. The summed E-state index contributed by atoms with van der Waals surface area (Å²) in [5, 5.41) is 5.87. The van der Waals surface area contributed by atoms with E-state index in [4.69, 9.17) is 11.6 Å². The Morgan fingerprint density at radius 3 is 2.52 bits per heavy atom. The summed E-state index contributed by atoms with van der Waals surface area (Å²) >= 11 is 9.29. The minimum Gasteiger partial charge on any atom is -0.352 e. The fourth-order valence-corrected chi connectivity index (χ4v) is 2.51. The molecule has 0 aliphatic carbocycles. The summed E-state index contributed by atoms with van der Waals surface area (Å²) < 4.78 is 0.771. The molecule has 0 unspecified atom stereocenters. The van der Waals surface area contributed by atoms with Crippen LogP contribution in [0.25, 0.3) is 0 Å². The molecule has 2 aromatic carbocycles. The average molecular weight is 396 g/mol. The van der Waals surface area contributed by atoms with Crippen LogP contribution in [0.1, 0.15) is 22.3 Å². The quantitative estimate of drug-likeness (QED) is 0.786. The molecule has 4 nitrogen and oxygen atoms in total. The number of nitrogens with one attached hydrogen (secondary N) is 2. The summed E-state index contributed by atoms with van der Waals surface area (Å²) in [5.74, 6) is -0.415. The molecule has 0 saturated heterocycles. The predicted octanol–water partition coefficient (Wildman–Crippen LogP) is 3.54. The van der Waals surface area contributed by atoms with Crippen LogP contribution < -0.4 is 10.6 Å². The molecule has 0 heterocycles. The van der Waals surface area contributed by atoms with Crippen molar-refractivity contribution in [3.63, 3.8) is 0 Å². The van der Waals surface area contributed by atoms with Crippen LogP contribution in [0.2, 0.25) is 5.02 Å². The molecular formula is C17H16BrClN2O2. The Balaban J connectivity index is 1.75. The first-order valence-electron chi connectivity index (χ1n) is 7.10. The number of rotatable bonds is 6. The Bertz CT molecular complexity index is 692. The van der Waals surface area contributed by atoms with E-state index in [0.717, 1.165) is 10.0 Å². The molecule has 2 N–H and O–H groups in total. The first kappa shape index (κ1) is 17.5. The predicted molar refractivity (Wildman–Crippen MR) is 94.4 cm³/mol. The van der Waals surface area contributed by atoms with Gasteiger partial charge in [-0.2, -0.15) is 0 Å². The number of hydrogen-bond donors (Lipinski definition) is 2. The highest BCUT2D eigenvalue weighted by Gasteiger charge is 2.11. The average Bonchev–Trinajstić information content (AvgIpc) is 2.56. The number of benzene rings is 2. The van der Waals surface area contributed by atoms with Gasteiger partial charge in [-0.3, -0.25) is 9.59 Å². The zero-order valence-electron chi connectivity index (χ0n) is 12.3. The molecule has 0 atom stereocenters. The van der Waals surface area contributed by atoms with E-state index in [0.29, 0.717) is 17.1 Å². The topological polar surface area (TPSA) is 58.2 Å². The Morgan fingerprint density at radius 1 is 1.04 bits per heavy atom. The van der Waals surface area contributed by atoms with Crippen LogP contribution in [0.4, 0.5) is 0 Å². The minimum absolute atomic E-state index is 0.116. The van der Waals surface area contributed by atoms with Crippen LogP contribution in [0, 0.1) is 0 Å². The van der Waals surface area contributed by atoms with Gasteiger partial charge in [-0.1, -0.05) is 57.9 Å². The lowest BCUT2D eigenvalue weighted by Crippen LogP contribution is -2.30. The number of carbonyl (C=O) groups excluding carboxylic acids is 2. The molecule has 2 aromatic rings. The van der Waals surface area contributed by atoms with Gasteiger partial charge in [-0.25, -0.2) is 0 Å². The molecule has 0 saturated carbocycles. The third-order valence-electron chi connectivity index (χ3n) is 3.14. The number of carbonyl (C=O) groups is 2. The van der Waals surface area contributed by atoms with Gasteiger partial charge in [-0.05, 0) is 23.8 Å². The molecular weight excluding hydrogens is 380 g/mol. The SMILES string of the molecule is O=C(CCNC(=O)c1cc(Br)ccc1Cl)NCc1ccccc1. The maximum absolute atomic E-state index is 12.0. The van der Waals surface area contributed by atoms with Crippen molar-refractivity contribution in [1.29, 1.82) is 0 Å². The fraction of sp³-hybridized carbons (Fsp3) is 0.176. The maximum atomic E-state index is 12.0. The van der Waals surface area contributed by atoms with Gasteiger partial charge in [0.1, 0.15) is 0 Å². The van der Waals surface area contributed by atoms with Crippen LogP contribution in [-0.2, 0) is 11.3 Å². The lowest BCUT2D eigenvalue weighted by Gasteiger charge is -2.08. The van der Waals surface area contributed by atoms with Crippen LogP contribution in [0.15, 0.2) is 53.0 Å². The molecule has 0 radical (unpaired) electrons. The number of amides is 2. The summed E-state index contributed by atoms with van der Waals surface area (Å²) in [6, 6.07) is 14.7. The van der Waals surface area contributed by atoms with Crippen LogP contribution >= 0.6 is 27.5 Å². The van der Waals surface area contributed by atoms with Gasteiger partial charge in [-0.15, -0.1) is 0 Å². The number of hydrogen-bond acceptors (Lipinski definition) is 2. The van der Waals surface area contributed by atoms with Crippen molar-refractivity contribution >= 4 is 39.3 Å². The van der Waals surface area contributed by atoms with Crippen molar-refractivity contribution in [2.75, 3.05) is 6.54 Å². The highest BCUT2D eigenvalue weighted by molar-refractivity contribution is 9.10. The second kappa shape index (κ2) is 8.70. The van der Waals surface area contributed by atoms with E-state index < -0.39 is 0 Å². The van der Waals surface area contributed by atoms with Crippen molar-refractivity contribution in [3.8, 4) is 0 Å². The zero-order chi connectivity index (χ0) is 16.7. The third kappa shape index (κ3) is 5.69. The van der Waals surface area contributed by atoms with E-state index >= 15 is 0 Å². The highest BCUT2D eigenvalue weighted by Crippen LogP contribution is 2.20. The van der Waals surface area contributed by atoms with Crippen molar-refractivity contribution in [3.05, 3.63) is 69.2 Å². The molecule has 0 spiro atoms. The molecule has 23 heavy (non-hydrogen) atoms.